The van der Waals surface area contributed by atoms with Gasteiger partial charge in [0.1, 0.15) is 0 Å². The van der Waals surface area contributed by atoms with Crippen LogP contribution in [0.15, 0.2) is 52.9 Å². The molecule has 2 aromatic rings. The zero-order valence-corrected chi connectivity index (χ0v) is 17.7. The van der Waals surface area contributed by atoms with E-state index >= 15 is 0 Å². The van der Waals surface area contributed by atoms with Crippen molar-refractivity contribution in [2.24, 2.45) is 0 Å². The first-order valence-corrected chi connectivity index (χ1v) is 11.4. The maximum atomic E-state index is 13.1. The molecule has 1 atom stereocenters. The Morgan fingerprint density at radius 1 is 0.967 bits per heavy atom. The molecule has 156 valence electrons. The third kappa shape index (κ3) is 3.97. The van der Waals surface area contributed by atoms with Gasteiger partial charge in [-0.05, 0) is 84.3 Å². The lowest BCUT2D eigenvalue weighted by Gasteiger charge is -2.36. The van der Waals surface area contributed by atoms with E-state index in [0.717, 1.165) is 53.3 Å². The first-order valence-electron chi connectivity index (χ1n) is 10.5. The number of fused-ring (bicyclic) bond motifs is 2. The average Bonchev–Trinajstić information content (AvgIpc) is 3.53. The van der Waals surface area contributed by atoms with E-state index in [-0.39, 0.29) is 16.7 Å². The van der Waals surface area contributed by atoms with Crippen molar-refractivity contribution in [1.82, 2.24) is 4.90 Å². The van der Waals surface area contributed by atoms with E-state index in [1.807, 2.05) is 24.3 Å². The molecule has 5 rings (SSSR count). The van der Waals surface area contributed by atoms with Gasteiger partial charge in [-0.1, -0.05) is 48.1 Å². The SMILES string of the molecule is CC1CC(=C2c3ccccc3C=Cc3ccc(SC(F)(F)F)cc32)CCN1C1CC1. The summed E-state index contributed by atoms with van der Waals surface area (Å²) >= 11 is -0.0314. The number of hydrogen-bond acceptors (Lipinski definition) is 2. The van der Waals surface area contributed by atoms with Crippen LogP contribution in [-0.2, 0) is 0 Å². The van der Waals surface area contributed by atoms with Gasteiger partial charge in [0, 0.05) is 23.5 Å². The number of thioether (sulfide) groups is 1. The van der Waals surface area contributed by atoms with Gasteiger partial charge in [-0.25, -0.2) is 0 Å². The molecule has 1 unspecified atom stereocenters. The number of rotatable bonds is 2. The summed E-state index contributed by atoms with van der Waals surface area (Å²) in [5.74, 6) is 0. The standard InChI is InChI=1S/C25H24F3NS/c1-16-14-19(12-13-29(16)20-9-10-20)24-22-5-3-2-4-17(22)6-7-18-8-11-21(15-23(18)24)30-25(26,27)28/h2-8,11,15-16,20H,9-10,12-14H2,1H3. The highest BCUT2D eigenvalue weighted by Gasteiger charge is 2.36. The van der Waals surface area contributed by atoms with Gasteiger partial charge < -0.3 is 0 Å². The predicted octanol–water partition coefficient (Wildman–Crippen LogP) is 7.23. The molecule has 1 heterocycles. The fraction of sp³-hybridized carbons (Fsp3) is 0.360. The molecule has 2 aromatic carbocycles. The summed E-state index contributed by atoms with van der Waals surface area (Å²) in [5.41, 5.74) is 2.38. The van der Waals surface area contributed by atoms with E-state index < -0.39 is 5.51 Å². The molecular formula is C25H24F3NS. The Hall–Kier alpha value is -1.98. The van der Waals surface area contributed by atoms with Crippen molar-refractivity contribution in [3.05, 3.63) is 70.3 Å². The first-order chi connectivity index (χ1) is 14.4. The summed E-state index contributed by atoms with van der Waals surface area (Å²) in [4.78, 5) is 2.86. The second kappa shape index (κ2) is 7.61. The van der Waals surface area contributed by atoms with E-state index in [0.29, 0.717) is 6.04 Å². The van der Waals surface area contributed by atoms with Crippen molar-refractivity contribution in [3.8, 4) is 0 Å². The monoisotopic (exact) mass is 427 g/mol. The zero-order chi connectivity index (χ0) is 20.9. The van der Waals surface area contributed by atoms with E-state index in [9.17, 15) is 13.2 Å². The van der Waals surface area contributed by atoms with Crippen LogP contribution in [0.1, 0.15) is 54.9 Å². The van der Waals surface area contributed by atoms with Crippen molar-refractivity contribution >= 4 is 29.5 Å². The molecule has 0 bridgehead atoms. The van der Waals surface area contributed by atoms with Crippen molar-refractivity contribution in [2.75, 3.05) is 6.54 Å². The van der Waals surface area contributed by atoms with Crippen molar-refractivity contribution < 1.29 is 13.2 Å². The Kier molecular flexibility index (Phi) is 5.06. The number of alkyl halides is 3. The van der Waals surface area contributed by atoms with Gasteiger partial charge in [-0.2, -0.15) is 13.2 Å². The van der Waals surface area contributed by atoms with Crippen LogP contribution < -0.4 is 0 Å². The van der Waals surface area contributed by atoms with Gasteiger partial charge >= 0.3 is 5.51 Å². The topological polar surface area (TPSA) is 3.24 Å². The largest absolute Gasteiger partial charge is 0.446 e. The summed E-state index contributed by atoms with van der Waals surface area (Å²) in [6.45, 7) is 3.32. The van der Waals surface area contributed by atoms with Crippen LogP contribution in [0.25, 0.3) is 17.7 Å². The van der Waals surface area contributed by atoms with Crippen LogP contribution >= 0.6 is 11.8 Å². The number of hydrogen-bond donors (Lipinski definition) is 0. The maximum absolute atomic E-state index is 13.1. The molecule has 1 saturated carbocycles. The quantitative estimate of drug-likeness (QED) is 0.397. The highest BCUT2D eigenvalue weighted by atomic mass is 32.2. The Morgan fingerprint density at radius 2 is 1.70 bits per heavy atom. The van der Waals surface area contributed by atoms with E-state index in [2.05, 4.69) is 30.0 Å². The minimum atomic E-state index is -4.29. The summed E-state index contributed by atoms with van der Waals surface area (Å²) in [5, 5.41) is 0. The zero-order valence-electron chi connectivity index (χ0n) is 16.9. The minimum Gasteiger partial charge on any atom is -0.297 e. The number of likely N-dealkylation sites (tertiary alicyclic amines) is 1. The molecule has 0 spiro atoms. The highest BCUT2D eigenvalue weighted by Crippen LogP contribution is 2.44. The van der Waals surface area contributed by atoms with E-state index in [1.165, 1.54) is 18.4 Å². The van der Waals surface area contributed by atoms with Gasteiger partial charge in [0.05, 0.1) is 0 Å². The molecule has 0 radical (unpaired) electrons. The molecule has 0 aromatic heterocycles. The van der Waals surface area contributed by atoms with Crippen LogP contribution in [-0.4, -0.2) is 29.0 Å². The lowest BCUT2D eigenvalue weighted by atomic mass is 9.84. The van der Waals surface area contributed by atoms with Crippen LogP contribution in [0, 0.1) is 0 Å². The Bertz CT molecular complexity index is 1030. The second-order valence-corrected chi connectivity index (χ2v) is 9.61. The summed E-state index contributed by atoms with van der Waals surface area (Å²) < 4.78 is 39.2. The lowest BCUT2D eigenvalue weighted by Crippen LogP contribution is -2.40. The maximum Gasteiger partial charge on any atom is 0.446 e. The molecular weight excluding hydrogens is 403 g/mol. The molecule has 2 aliphatic carbocycles. The lowest BCUT2D eigenvalue weighted by molar-refractivity contribution is -0.0328. The molecule has 30 heavy (non-hydrogen) atoms. The molecule has 0 N–H and O–H groups in total. The van der Waals surface area contributed by atoms with Gasteiger partial charge in [0.15, 0.2) is 0 Å². The Labute approximate surface area is 179 Å². The number of halogens is 3. The first kappa shape index (κ1) is 20.0. The van der Waals surface area contributed by atoms with Crippen molar-refractivity contribution in [1.29, 1.82) is 0 Å². The average molecular weight is 428 g/mol. The molecule has 3 aliphatic rings. The number of nitrogens with zero attached hydrogens (tertiary/aromatic N) is 1. The molecule has 1 saturated heterocycles. The van der Waals surface area contributed by atoms with Gasteiger partial charge in [-0.15, -0.1) is 0 Å². The van der Waals surface area contributed by atoms with Crippen LogP contribution in [0.3, 0.4) is 0 Å². The molecule has 5 heteroatoms. The van der Waals surface area contributed by atoms with Gasteiger partial charge in [0.25, 0.3) is 0 Å². The summed E-state index contributed by atoms with van der Waals surface area (Å²) in [7, 11) is 0. The molecule has 1 aliphatic heterocycles. The fourth-order valence-corrected chi connectivity index (χ4v) is 5.49. The van der Waals surface area contributed by atoms with Gasteiger partial charge in [0.2, 0.25) is 0 Å². The van der Waals surface area contributed by atoms with Gasteiger partial charge in [-0.3, -0.25) is 4.90 Å². The van der Waals surface area contributed by atoms with Crippen molar-refractivity contribution in [3.63, 3.8) is 0 Å². The third-order valence-corrected chi connectivity index (χ3v) is 7.07. The second-order valence-electron chi connectivity index (χ2n) is 8.47. The highest BCUT2D eigenvalue weighted by molar-refractivity contribution is 8.00. The Morgan fingerprint density at radius 3 is 2.40 bits per heavy atom. The molecule has 0 amide bonds. The fourth-order valence-electron chi connectivity index (χ4n) is 4.91. The van der Waals surface area contributed by atoms with Crippen LogP contribution in [0.2, 0.25) is 0 Å². The summed E-state index contributed by atoms with van der Waals surface area (Å²) in [6.07, 6.45) is 8.65. The molecule has 2 fully saturated rings. The third-order valence-electron chi connectivity index (χ3n) is 6.35. The van der Waals surface area contributed by atoms with E-state index in [4.69, 9.17) is 0 Å². The number of benzene rings is 2. The van der Waals surface area contributed by atoms with Crippen molar-refractivity contribution in [2.45, 2.75) is 55.1 Å². The van der Waals surface area contributed by atoms with E-state index in [1.54, 1.807) is 12.1 Å². The smallest absolute Gasteiger partial charge is 0.297 e. The minimum absolute atomic E-state index is 0.0314. The van der Waals surface area contributed by atoms with Crippen LogP contribution in [0.4, 0.5) is 13.2 Å². The normalized spacial score (nSPS) is 24.3. The Balaban J connectivity index is 1.64. The summed E-state index contributed by atoms with van der Waals surface area (Å²) in [6, 6.07) is 14.6. The predicted molar refractivity (Wildman–Crippen MR) is 118 cm³/mol. The number of piperidine rings is 1. The van der Waals surface area contributed by atoms with Crippen LogP contribution in [0.5, 0.6) is 0 Å². The molecule has 1 nitrogen and oxygen atoms in total.